The van der Waals surface area contributed by atoms with Crippen molar-refractivity contribution in [1.29, 1.82) is 0 Å². The molecule has 0 saturated heterocycles. The summed E-state index contributed by atoms with van der Waals surface area (Å²) in [5.41, 5.74) is 0. The van der Waals surface area contributed by atoms with Crippen molar-refractivity contribution in [2.75, 3.05) is 20.6 Å². The van der Waals surface area contributed by atoms with Crippen LogP contribution in [0.5, 0.6) is 0 Å². The van der Waals surface area contributed by atoms with Crippen molar-refractivity contribution < 1.29 is 4.42 Å². The van der Waals surface area contributed by atoms with Gasteiger partial charge in [0, 0.05) is 12.6 Å². The van der Waals surface area contributed by atoms with Gasteiger partial charge in [0.25, 0.3) is 0 Å². The number of rotatable bonds is 5. The molecule has 3 fully saturated rings. The smallest absolute Gasteiger partial charge is 0.122 e. The molecule has 2 bridgehead atoms. The molecule has 1 aromatic rings. The summed E-state index contributed by atoms with van der Waals surface area (Å²) in [6, 6.07) is 5.19. The van der Waals surface area contributed by atoms with Gasteiger partial charge in [0.2, 0.25) is 0 Å². The summed E-state index contributed by atoms with van der Waals surface area (Å²) in [5, 5.41) is 3.89. The molecule has 0 aromatic carbocycles. The fraction of sp³-hybridized carbons (Fsp3) is 0.778. The lowest BCUT2D eigenvalue weighted by molar-refractivity contribution is 0.186. The summed E-state index contributed by atoms with van der Waals surface area (Å²) in [5.74, 6) is 5.20. The van der Waals surface area contributed by atoms with Crippen LogP contribution >= 0.6 is 0 Å². The normalized spacial score (nSPS) is 39.1. The van der Waals surface area contributed by atoms with Gasteiger partial charge in [-0.2, -0.15) is 0 Å². The number of hydrogen-bond acceptors (Lipinski definition) is 3. The van der Waals surface area contributed by atoms with Crippen LogP contribution in [-0.4, -0.2) is 31.6 Å². The van der Waals surface area contributed by atoms with E-state index >= 15 is 0 Å². The van der Waals surface area contributed by atoms with Crippen LogP contribution in [0, 0.1) is 23.7 Å². The third-order valence-corrected chi connectivity index (χ3v) is 6.50. The Kier molecular flexibility index (Phi) is 3.58. The largest absolute Gasteiger partial charge is 0.468 e. The molecule has 1 N–H and O–H groups in total. The molecule has 116 valence electrons. The van der Waals surface area contributed by atoms with Gasteiger partial charge in [-0.3, -0.25) is 4.90 Å². The maximum Gasteiger partial charge on any atom is 0.122 e. The zero-order valence-electron chi connectivity index (χ0n) is 13.3. The zero-order valence-corrected chi connectivity index (χ0v) is 13.3. The van der Waals surface area contributed by atoms with Crippen LogP contribution in [0.1, 0.15) is 43.9 Å². The Balaban J connectivity index is 1.39. The van der Waals surface area contributed by atoms with Crippen molar-refractivity contribution in [3.05, 3.63) is 24.2 Å². The first-order valence-electron chi connectivity index (χ1n) is 8.67. The predicted octanol–water partition coefficient (Wildman–Crippen LogP) is 3.30. The predicted molar refractivity (Wildman–Crippen MR) is 84.0 cm³/mol. The highest BCUT2D eigenvalue weighted by molar-refractivity contribution is 5.08. The Morgan fingerprint density at radius 3 is 2.86 bits per heavy atom. The molecule has 3 saturated carbocycles. The topological polar surface area (TPSA) is 28.4 Å². The Morgan fingerprint density at radius 2 is 2.10 bits per heavy atom. The minimum absolute atomic E-state index is 0.346. The lowest BCUT2D eigenvalue weighted by atomic mass is 9.79. The van der Waals surface area contributed by atoms with Crippen LogP contribution in [0.25, 0.3) is 0 Å². The first-order valence-corrected chi connectivity index (χ1v) is 8.67. The van der Waals surface area contributed by atoms with Gasteiger partial charge in [-0.1, -0.05) is 6.42 Å². The molecular weight excluding hydrogens is 260 g/mol. The van der Waals surface area contributed by atoms with E-state index in [-0.39, 0.29) is 0 Å². The molecular formula is C18H28N2O. The second kappa shape index (κ2) is 5.44. The molecule has 21 heavy (non-hydrogen) atoms. The quantitative estimate of drug-likeness (QED) is 0.901. The number of fused-ring (bicyclic) bond motifs is 5. The Bertz CT molecular complexity index is 470. The van der Waals surface area contributed by atoms with Gasteiger partial charge in [0.1, 0.15) is 5.76 Å². The zero-order chi connectivity index (χ0) is 14.4. The summed E-state index contributed by atoms with van der Waals surface area (Å²) in [4.78, 5) is 2.26. The lowest BCUT2D eigenvalue weighted by Gasteiger charge is -2.34. The second-order valence-electron chi connectivity index (χ2n) is 7.66. The van der Waals surface area contributed by atoms with E-state index in [4.69, 9.17) is 4.42 Å². The Morgan fingerprint density at radius 1 is 1.24 bits per heavy atom. The SMILES string of the molecule is CN(C)[C@H](CN[C@@H]1C[C@H]2C[C@H]1[C@@H]1CCC[C@H]21)c1ccco1. The van der Waals surface area contributed by atoms with Crippen LogP contribution in [-0.2, 0) is 0 Å². The molecule has 3 nitrogen and oxygen atoms in total. The van der Waals surface area contributed by atoms with E-state index in [1.807, 2.05) is 6.07 Å². The summed E-state index contributed by atoms with van der Waals surface area (Å²) in [7, 11) is 4.28. The number of nitrogens with zero attached hydrogens (tertiary/aromatic N) is 1. The van der Waals surface area contributed by atoms with E-state index in [9.17, 15) is 0 Å². The van der Waals surface area contributed by atoms with Gasteiger partial charge in [-0.25, -0.2) is 0 Å². The van der Waals surface area contributed by atoms with Crippen molar-refractivity contribution in [2.24, 2.45) is 23.7 Å². The standard InChI is InChI=1S/C18H28N2O/c1-20(2)17(18-7-4-8-21-18)11-19-16-10-12-9-15(16)14-6-3-5-13(12)14/h4,7-8,12-17,19H,3,5-6,9-11H2,1-2H3/t12-,13-,14-,15+,16-,17-/m1/s1. The summed E-state index contributed by atoms with van der Waals surface area (Å²) in [6.45, 7) is 1.01. The molecule has 3 aliphatic rings. The molecule has 0 amide bonds. The fourth-order valence-corrected chi connectivity index (χ4v) is 5.58. The Labute approximate surface area is 128 Å². The summed E-state index contributed by atoms with van der Waals surface area (Å²) < 4.78 is 5.62. The lowest BCUT2D eigenvalue weighted by Crippen LogP contribution is -2.42. The maximum atomic E-state index is 5.62. The number of likely N-dealkylation sites (N-methyl/N-ethyl adjacent to an activating group) is 1. The fourth-order valence-electron chi connectivity index (χ4n) is 5.58. The highest BCUT2D eigenvalue weighted by Gasteiger charge is 2.53. The van der Waals surface area contributed by atoms with Gasteiger partial charge < -0.3 is 9.73 Å². The van der Waals surface area contributed by atoms with Crippen molar-refractivity contribution >= 4 is 0 Å². The average molecular weight is 288 g/mol. The first-order chi connectivity index (χ1) is 10.2. The minimum Gasteiger partial charge on any atom is -0.468 e. The molecule has 0 aliphatic heterocycles. The Hall–Kier alpha value is -0.800. The number of hydrogen-bond donors (Lipinski definition) is 1. The molecule has 3 aliphatic carbocycles. The highest BCUT2D eigenvalue weighted by atomic mass is 16.3. The van der Waals surface area contributed by atoms with E-state index in [0.29, 0.717) is 6.04 Å². The molecule has 0 radical (unpaired) electrons. The highest BCUT2D eigenvalue weighted by Crippen LogP contribution is 2.58. The van der Waals surface area contributed by atoms with Gasteiger partial charge in [0.15, 0.2) is 0 Å². The second-order valence-corrected chi connectivity index (χ2v) is 7.66. The van der Waals surface area contributed by atoms with Crippen LogP contribution < -0.4 is 5.32 Å². The average Bonchev–Trinajstić information content (AvgIpc) is 3.21. The van der Waals surface area contributed by atoms with Crippen molar-refractivity contribution in [3.8, 4) is 0 Å². The van der Waals surface area contributed by atoms with Gasteiger partial charge in [0.05, 0.1) is 12.3 Å². The van der Waals surface area contributed by atoms with E-state index < -0.39 is 0 Å². The maximum absolute atomic E-state index is 5.62. The molecule has 6 atom stereocenters. The van der Waals surface area contributed by atoms with Crippen LogP contribution in [0.2, 0.25) is 0 Å². The van der Waals surface area contributed by atoms with Crippen molar-refractivity contribution in [1.82, 2.24) is 10.2 Å². The van der Waals surface area contributed by atoms with Gasteiger partial charge >= 0.3 is 0 Å². The molecule has 4 rings (SSSR count). The number of nitrogens with one attached hydrogen (secondary N) is 1. The van der Waals surface area contributed by atoms with E-state index in [0.717, 1.165) is 42.0 Å². The number of furan rings is 1. The van der Waals surface area contributed by atoms with E-state index in [1.54, 1.807) is 6.26 Å². The van der Waals surface area contributed by atoms with Crippen LogP contribution in [0.4, 0.5) is 0 Å². The van der Waals surface area contributed by atoms with Crippen molar-refractivity contribution in [2.45, 2.75) is 44.2 Å². The molecule has 0 spiro atoms. The summed E-state index contributed by atoms with van der Waals surface area (Å²) in [6.07, 6.45) is 9.21. The van der Waals surface area contributed by atoms with E-state index in [2.05, 4.69) is 30.4 Å². The monoisotopic (exact) mass is 288 g/mol. The van der Waals surface area contributed by atoms with Gasteiger partial charge in [-0.15, -0.1) is 0 Å². The molecule has 1 aromatic heterocycles. The third-order valence-electron chi connectivity index (χ3n) is 6.50. The third kappa shape index (κ3) is 2.35. The molecule has 1 heterocycles. The van der Waals surface area contributed by atoms with Crippen LogP contribution in [0.15, 0.2) is 22.8 Å². The molecule has 3 heteroatoms. The van der Waals surface area contributed by atoms with E-state index in [1.165, 1.54) is 32.1 Å². The minimum atomic E-state index is 0.346. The van der Waals surface area contributed by atoms with Crippen molar-refractivity contribution in [3.63, 3.8) is 0 Å². The first kappa shape index (κ1) is 13.8. The summed E-state index contributed by atoms with van der Waals surface area (Å²) >= 11 is 0. The van der Waals surface area contributed by atoms with Crippen LogP contribution in [0.3, 0.4) is 0 Å². The molecule has 0 unspecified atom stereocenters. The van der Waals surface area contributed by atoms with Gasteiger partial charge in [-0.05, 0) is 75.6 Å².